The Balaban J connectivity index is 1.75. The van der Waals surface area contributed by atoms with E-state index in [0.29, 0.717) is 29.6 Å². The van der Waals surface area contributed by atoms with E-state index in [4.69, 9.17) is 4.74 Å². The third kappa shape index (κ3) is 4.71. The number of fused-ring (bicyclic) bond motifs is 3. The van der Waals surface area contributed by atoms with Crippen LogP contribution in [0.15, 0.2) is 0 Å². The van der Waals surface area contributed by atoms with Crippen LogP contribution >= 0.6 is 0 Å². The second-order valence-corrected chi connectivity index (χ2v) is 12.0. The van der Waals surface area contributed by atoms with Gasteiger partial charge in [0.25, 0.3) is 0 Å². The van der Waals surface area contributed by atoms with Crippen LogP contribution in [0.25, 0.3) is 0 Å². The van der Waals surface area contributed by atoms with Crippen molar-refractivity contribution >= 4 is 5.97 Å². The van der Waals surface area contributed by atoms with Crippen LogP contribution in [0, 0.1) is 46.3 Å². The van der Waals surface area contributed by atoms with E-state index >= 15 is 0 Å². The minimum absolute atomic E-state index is 0.0486. The standard InChI is InChI=1S/C27H48O4/c1-7-19(28)10-13-26(4)14-12-23(29)24-21(26)11-15-27(5)20(8-9-22(24)27)17(2)16-18(3)25(30)31-6/h17-24,28-29H,7-16H2,1-6H3/t17-,18-,19+,20?,21?,22?,23-,24?,26+,27-/m1/s1. The lowest BCUT2D eigenvalue weighted by atomic mass is 9.47. The van der Waals surface area contributed by atoms with E-state index in [2.05, 4.69) is 27.7 Å². The molecule has 180 valence electrons. The second-order valence-electron chi connectivity index (χ2n) is 12.0. The molecule has 4 nitrogen and oxygen atoms in total. The highest BCUT2D eigenvalue weighted by Crippen LogP contribution is 2.66. The first-order chi connectivity index (χ1) is 14.6. The van der Waals surface area contributed by atoms with Crippen molar-refractivity contribution in [2.24, 2.45) is 46.3 Å². The molecule has 0 saturated heterocycles. The predicted octanol–water partition coefficient (Wildman–Crippen LogP) is 5.59. The number of methoxy groups -OCH3 is 1. The molecule has 3 fully saturated rings. The van der Waals surface area contributed by atoms with Gasteiger partial charge in [-0.3, -0.25) is 4.79 Å². The first-order valence-electron chi connectivity index (χ1n) is 13.0. The molecule has 3 aliphatic rings. The normalized spacial score (nSPS) is 42.9. The van der Waals surface area contributed by atoms with Crippen molar-refractivity contribution in [2.45, 2.75) is 111 Å². The van der Waals surface area contributed by atoms with Crippen molar-refractivity contribution < 1.29 is 19.7 Å². The zero-order valence-electron chi connectivity index (χ0n) is 20.9. The fraction of sp³-hybridized carbons (Fsp3) is 0.963. The molecule has 0 amide bonds. The molecule has 0 spiro atoms. The zero-order chi connectivity index (χ0) is 23.0. The number of carbonyl (C=O) groups is 1. The Hall–Kier alpha value is -0.610. The average molecular weight is 437 g/mol. The number of aliphatic hydroxyl groups is 2. The first kappa shape index (κ1) is 25.0. The van der Waals surface area contributed by atoms with Crippen LogP contribution in [-0.2, 0) is 9.53 Å². The van der Waals surface area contributed by atoms with E-state index in [1.807, 2.05) is 6.92 Å². The lowest BCUT2D eigenvalue weighted by molar-refractivity contribution is -0.146. The Morgan fingerprint density at radius 3 is 2.45 bits per heavy atom. The highest BCUT2D eigenvalue weighted by atomic mass is 16.5. The maximum atomic E-state index is 12.0. The Morgan fingerprint density at radius 1 is 1.10 bits per heavy atom. The van der Waals surface area contributed by atoms with E-state index in [1.54, 1.807) is 0 Å². The molecule has 0 aromatic heterocycles. The van der Waals surface area contributed by atoms with Crippen LogP contribution in [-0.4, -0.2) is 35.5 Å². The van der Waals surface area contributed by atoms with Crippen LogP contribution in [0.1, 0.15) is 98.8 Å². The Kier molecular flexibility index (Phi) is 7.84. The molecule has 0 aromatic rings. The molecule has 10 atom stereocenters. The molecule has 3 saturated carbocycles. The zero-order valence-corrected chi connectivity index (χ0v) is 20.9. The topological polar surface area (TPSA) is 66.8 Å². The van der Waals surface area contributed by atoms with E-state index < -0.39 is 0 Å². The summed E-state index contributed by atoms with van der Waals surface area (Å²) < 4.78 is 4.97. The number of hydrogen-bond donors (Lipinski definition) is 2. The number of carbonyl (C=O) groups excluding carboxylic acids is 1. The van der Waals surface area contributed by atoms with E-state index in [0.717, 1.165) is 38.5 Å². The van der Waals surface area contributed by atoms with Gasteiger partial charge in [-0.25, -0.2) is 0 Å². The summed E-state index contributed by atoms with van der Waals surface area (Å²) in [6.45, 7) is 11.3. The Morgan fingerprint density at radius 2 is 1.81 bits per heavy atom. The highest BCUT2D eigenvalue weighted by Gasteiger charge is 2.60. The number of rotatable bonds is 8. The van der Waals surface area contributed by atoms with Gasteiger partial charge < -0.3 is 14.9 Å². The molecule has 4 heteroatoms. The minimum Gasteiger partial charge on any atom is -0.469 e. The molecule has 0 aliphatic heterocycles. The summed E-state index contributed by atoms with van der Waals surface area (Å²) in [4.78, 5) is 12.0. The summed E-state index contributed by atoms with van der Waals surface area (Å²) in [5, 5.41) is 21.4. The second kappa shape index (κ2) is 9.71. The molecule has 0 aromatic carbocycles. The largest absolute Gasteiger partial charge is 0.469 e. The number of esters is 1. The van der Waals surface area contributed by atoms with Gasteiger partial charge in [-0.05, 0) is 105 Å². The highest BCUT2D eigenvalue weighted by molar-refractivity contribution is 5.71. The molecule has 0 heterocycles. The monoisotopic (exact) mass is 436 g/mol. The summed E-state index contributed by atoms with van der Waals surface area (Å²) in [5.41, 5.74) is 0.503. The lowest BCUT2D eigenvalue weighted by Crippen LogP contribution is -2.54. The van der Waals surface area contributed by atoms with Gasteiger partial charge in [-0.2, -0.15) is 0 Å². The number of hydrogen-bond acceptors (Lipinski definition) is 4. The van der Waals surface area contributed by atoms with Crippen LogP contribution in [0.2, 0.25) is 0 Å². The van der Waals surface area contributed by atoms with Crippen molar-refractivity contribution in [3.05, 3.63) is 0 Å². The lowest BCUT2D eigenvalue weighted by Gasteiger charge is -2.58. The maximum Gasteiger partial charge on any atom is 0.308 e. The molecule has 31 heavy (non-hydrogen) atoms. The third-order valence-corrected chi connectivity index (χ3v) is 10.3. The number of ether oxygens (including phenoxy) is 1. The Labute approximate surface area is 190 Å². The molecular formula is C27H48O4. The molecule has 3 rings (SSSR count). The van der Waals surface area contributed by atoms with Gasteiger partial charge in [0.05, 0.1) is 25.2 Å². The quantitative estimate of drug-likeness (QED) is 0.487. The van der Waals surface area contributed by atoms with Gasteiger partial charge in [-0.15, -0.1) is 0 Å². The molecular weight excluding hydrogens is 388 g/mol. The summed E-state index contributed by atoms with van der Waals surface area (Å²) in [7, 11) is 1.48. The van der Waals surface area contributed by atoms with E-state index in [-0.39, 0.29) is 34.9 Å². The molecule has 4 unspecified atom stereocenters. The van der Waals surface area contributed by atoms with Gasteiger partial charge in [0.1, 0.15) is 0 Å². The summed E-state index contributed by atoms with van der Waals surface area (Å²) in [6.07, 6.45) is 10.2. The fourth-order valence-corrected chi connectivity index (χ4v) is 8.41. The van der Waals surface area contributed by atoms with Gasteiger partial charge in [-0.1, -0.05) is 34.6 Å². The first-order valence-corrected chi connectivity index (χ1v) is 13.0. The van der Waals surface area contributed by atoms with Crippen LogP contribution in [0.5, 0.6) is 0 Å². The summed E-state index contributed by atoms with van der Waals surface area (Å²) >= 11 is 0. The Bertz CT molecular complexity index is 620. The molecule has 0 bridgehead atoms. The molecule has 0 radical (unpaired) electrons. The SMILES string of the molecule is CC[C@H](O)CC[C@@]1(C)CC[C@@H](O)C2C1CC[C@@]1(C)C2CCC1[C@H](C)C[C@@H](C)C(=O)OC. The van der Waals surface area contributed by atoms with Crippen LogP contribution < -0.4 is 0 Å². The van der Waals surface area contributed by atoms with Crippen molar-refractivity contribution in [3.8, 4) is 0 Å². The van der Waals surface area contributed by atoms with Crippen LogP contribution in [0.3, 0.4) is 0 Å². The van der Waals surface area contributed by atoms with Crippen molar-refractivity contribution in [2.75, 3.05) is 7.11 Å². The average Bonchev–Trinajstić information content (AvgIpc) is 3.11. The van der Waals surface area contributed by atoms with Gasteiger partial charge >= 0.3 is 5.97 Å². The van der Waals surface area contributed by atoms with E-state index in [9.17, 15) is 15.0 Å². The fourth-order valence-electron chi connectivity index (χ4n) is 8.41. The van der Waals surface area contributed by atoms with Crippen molar-refractivity contribution in [3.63, 3.8) is 0 Å². The smallest absolute Gasteiger partial charge is 0.308 e. The molecule has 2 N–H and O–H groups in total. The third-order valence-electron chi connectivity index (χ3n) is 10.3. The van der Waals surface area contributed by atoms with Gasteiger partial charge in [0, 0.05) is 0 Å². The van der Waals surface area contributed by atoms with Crippen molar-refractivity contribution in [1.29, 1.82) is 0 Å². The summed E-state index contributed by atoms with van der Waals surface area (Å²) in [6, 6.07) is 0. The number of aliphatic hydroxyl groups excluding tert-OH is 2. The maximum absolute atomic E-state index is 12.0. The summed E-state index contributed by atoms with van der Waals surface area (Å²) in [5.74, 6) is 2.52. The van der Waals surface area contributed by atoms with Crippen molar-refractivity contribution in [1.82, 2.24) is 0 Å². The molecule has 3 aliphatic carbocycles. The predicted molar refractivity (Wildman–Crippen MR) is 124 cm³/mol. The van der Waals surface area contributed by atoms with E-state index in [1.165, 1.54) is 32.8 Å². The minimum atomic E-state index is -0.190. The van der Waals surface area contributed by atoms with Gasteiger partial charge in [0.15, 0.2) is 0 Å². The van der Waals surface area contributed by atoms with Gasteiger partial charge in [0.2, 0.25) is 0 Å². The van der Waals surface area contributed by atoms with Crippen LogP contribution in [0.4, 0.5) is 0 Å².